The van der Waals surface area contributed by atoms with Gasteiger partial charge in [-0.2, -0.15) is 5.26 Å². The normalized spacial score (nSPS) is 11.1. The zero-order valence-electron chi connectivity index (χ0n) is 10.4. The van der Waals surface area contributed by atoms with Gasteiger partial charge in [0.25, 0.3) is 0 Å². The molecule has 0 aliphatic carbocycles. The van der Waals surface area contributed by atoms with Gasteiger partial charge in [0.2, 0.25) is 0 Å². The second kappa shape index (κ2) is 6.17. The fourth-order valence-corrected chi connectivity index (χ4v) is 1.98. The number of rotatable bonds is 5. The highest BCUT2D eigenvalue weighted by Crippen LogP contribution is 2.35. The second-order valence-corrected chi connectivity index (χ2v) is 5.78. The number of nitrogens with one attached hydrogen (secondary N) is 1. The van der Waals surface area contributed by atoms with Gasteiger partial charge in [-0.05, 0) is 24.0 Å². The van der Waals surface area contributed by atoms with Crippen LogP contribution in [-0.2, 0) is 0 Å². The van der Waals surface area contributed by atoms with E-state index in [2.05, 4.69) is 25.2 Å². The number of benzene rings is 1. The molecule has 0 amide bonds. The minimum Gasteiger partial charge on any atom is -0.505 e. The lowest BCUT2D eigenvalue weighted by Crippen LogP contribution is -2.22. The van der Waals surface area contributed by atoms with Crippen molar-refractivity contribution < 1.29 is 5.11 Å². The molecule has 98 valence electrons. The molecule has 0 saturated heterocycles. The highest BCUT2D eigenvalue weighted by molar-refractivity contribution is 6.37. The Bertz CT molecular complexity index is 444. The largest absolute Gasteiger partial charge is 0.505 e. The number of phenols is 1. The molecule has 18 heavy (non-hydrogen) atoms. The Labute approximate surface area is 117 Å². The molecular formula is C13H16Cl2N2O. The van der Waals surface area contributed by atoms with Crippen LogP contribution in [0.4, 0.5) is 5.69 Å². The van der Waals surface area contributed by atoms with Crippen LogP contribution >= 0.6 is 23.2 Å². The average Bonchev–Trinajstić information content (AvgIpc) is 2.31. The topological polar surface area (TPSA) is 56.0 Å². The van der Waals surface area contributed by atoms with Crippen LogP contribution < -0.4 is 5.32 Å². The van der Waals surface area contributed by atoms with Gasteiger partial charge in [-0.1, -0.05) is 37.0 Å². The third-order valence-electron chi connectivity index (χ3n) is 2.70. The van der Waals surface area contributed by atoms with Gasteiger partial charge >= 0.3 is 0 Å². The number of hydrogen-bond donors (Lipinski definition) is 2. The van der Waals surface area contributed by atoms with Gasteiger partial charge in [-0.15, -0.1) is 0 Å². The van der Waals surface area contributed by atoms with Crippen molar-refractivity contribution in [2.24, 2.45) is 5.41 Å². The fraction of sp³-hybridized carbons (Fsp3) is 0.462. The Hall–Kier alpha value is -1.11. The third kappa shape index (κ3) is 4.29. The van der Waals surface area contributed by atoms with E-state index in [-0.39, 0.29) is 21.2 Å². The quantitative estimate of drug-likeness (QED) is 0.787. The standard InChI is InChI=1S/C13H16Cl2N2O/c1-13(2,4-3-5-16)8-17-9-6-10(14)12(18)11(15)7-9/h6-7,17-18H,3-4,8H2,1-2H3. The zero-order chi connectivity index (χ0) is 13.8. The molecule has 0 aliphatic rings. The number of aromatic hydroxyl groups is 1. The molecule has 0 aromatic heterocycles. The summed E-state index contributed by atoms with van der Waals surface area (Å²) in [6.07, 6.45) is 1.35. The molecule has 1 rings (SSSR count). The SMILES string of the molecule is CC(C)(CCC#N)CNc1cc(Cl)c(O)c(Cl)c1. The van der Waals surface area contributed by atoms with Gasteiger partial charge in [0, 0.05) is 18.7 Å². The fourth-order valence-electron chi connectivity index (χ4n) is 1.49. The third-order valence-corrected chi connectivity index (χ3v) is 3.28. The molecule has 0 bridgehead atoms. The van der Waals surface area contributed by atoms with Gasteiger partial charge in [0.15, 0.2) is 5.75 Å². The number of hydrogen-bond acceptors (Lipinski definition) is 3. The van der Waals surface area contributed by atoms with Crippen LogP contribution in [0.25, 0.3) is 0 Å². The van der Waals surface area contributed by atoms with Crippen molar-refractivity contribution in [2.45, 2.75) is 26.7 Å². The molecule has 0 atom stereocenters. The molecule has 0 spiro atoms. The smallest absolute Gasteiger partial charge is 0.152 e. The van der Waals surface area contributed by atoms with Gasteiger partial charge in [-0.25, -0.2) is 0 Å². The number of nitrogens with zero attached hydrogens (tertiary/aromatic N) is 1. The molecule has 0 saturated carbocycles. The Kier molecular flexibility index (Phi) is 5.13. The van der Waals surface area contributed by atoms with Crippen molar-refractivity contribution in [1.29, 1.82) is 5.26 Å². The minimum atomic E-state index is -0.104. The lowest BCUT2D eigenvalue weighted by molar-refractivity contribution is 0.364. The van der Waals surface area contributed by atoms with E-state index in [0.717, 1.165) is 12.1 Å². The first kappa shape index (κ1) is 14.9. The molecular weight excluding hydrogens is 271 g/mol. The maximum absolute atomic E-state index is 9.45. The Morgan fingerprint density at radius 3 is 2.39 bits per heavy atom. The van der Waals surface area contributed by atoms with Gasteiger partial charge in [-0.3, -0.25) is 0 Å². The predicted octanol–water partition coefficient (Wildman–Crippen LogP) is 4.44. The number of phenolic OH excluding ortho intramolecular Hbond substituents is 1. The molecule has 2 N–H and O–H groups in total. The van der Waals surface area contributed by atoms with Crippen molar-refractivity contribution >= 4 is 28.9 Å². The molecule has 1 aromatic rings. The molecule has 0 radical (unpaired) electrons. The van der Waals surface area contributed by atoms with Crippen molar-refractivity contribution in [2.75, 3.05) is 11.9 Å². The molecule has 1 aromatic carbocycles. The van der Waals surface area contributed by atoms with Gasteiger partial charge in [0.1, 0.15) is 0 Å². The summed E-state index contributed by atoms with van der Waals surface area (Å²) in [6, 6.07) is 5.40. The predicted molar refractivity (Wildman–Crippen MR) is 75.2 cm³/mol. The Morgan fingerprint density at radius 1 is 1.33 bits per heavy atom. The minimum absolute atomic E-state index is 0.00652. The van der Waals surface area contributed by atoms with Crippen LogP contribution in [0.2, 0.25) is 10.0 Å². The van der Waals surface area contributed by atoms with Crippen LogP contribution in [0.1, 0.15) is 26.7 Å². The zero-order valence-corrected chi connectivity index (χ0v) is 11.9. The average molecular weight is 287 g/mol. The van der Waals surface area contributed by atoms with E-state index in [4.69, 9.17) is 28.5 Å². The van der Waals surface area contributed by atoms with E-state index >= 15 is 0 Å². The Balaban J connectivity index is 2.67. The summed E-state index contributed by atoms with van der Waals surface area (Å²) in [5.41, 5.74) is 0.764. The lowest BCUT2D eigenvalue weighted by Gasteiger charge is -2.24. The number of anilines is 1. The van der Waals surface area contributed by atoms with Crippen LogP contribution in [-0.4, -0.2) is 11.7 Å². The van der Waals surface area contributed by atoms with E-state index in [9.17, 15) is 5.11 Å². The van der Waals surface area contributed by atoms with E-state index in [1.54, 1.807) is 12.1 Å². The summed E-state index contributed by atoms with van der Waals surface area (Å²) in [7, 11) is 0. The van der Waals surface area contributed by atoms with Crippen LogP contribution in [0.15, 0.2) is 12.1 Å². The van der Waals surface area contributed by atoms with Crippen LogP contribution in [0, 0.1) is 16.7 Å². The number of halogens is 2. The van der Waals surface area contributed by atoms with E-state index in [1.165, 1.54) is 0 Å². The summed E-state index contributed by atoms with van der Waals surface area (Å²) < 4.78 is 0. The van der Waals surface area contributed by atoms with Gasteiger partial charge < -0.3 is 10.4 Å². The van der Waals surface area contributed by atoms with Crippen molar-refractivity contribution in [1.82, 2.24) is 0 Å². The van der Waals surface area contributed by atoms with E-state index < -0.39 is 0 Å². The molecule has 0 fully saturated rings. The summed E-state index contributed by atoms with van der Waals surface area (Å²) in [5, 5.41) is 21.7. The number of nitriles is 1. The summed E-state index contributed by atoms with van der Waals surface area (Å²) in [4.78, 5) is 0. The van der Waals surface area contributed by atoms with Crippen molar-refractivity contribution in [3.05, 3.63) is 22.2 Å². The van der Waals surface area contributed by atoms with Crippen LogP contribution in [0.3, 0.4) is 0 Å². The van der Waals surface area contributed by atoms with E-state index in [0.29, 0.717) is 13.0 Å². The molecule has 3 nitrogen and oxygen atoms in total. The maximum Gasteiger partial charge on any atom is 0.152 e. The van der Waals surface area contributed by atoms with Crippen molar-refractivity contribution in [3.8, 4) is 11.8 Å². The highest BCUT2D eigenvalue weighted by Gasteiger charge is 2.17. The summed E-state index contributed by atoms with van der Waals surface area (Å²) >= 11 is 11.7. The monoisotopic (exact) mass is 286 g/mol. The van der Waals surface area contributed by atoms with E-state index in [1.807, 2.05) is 0 Å². The molecule has 0 heterocycles. The first-order chi connectivity index (χ1) is 8.35. The molecule has 0 aliphatic heterocycles. The van der Waals surface area contributed by atoms with Gasteiger partial charge in [0.05, 0.1) is 16.1 Å². The highest BCUT2D eigenvalue weighted by atomic mass is 35.5. The first-order valence-electron chi connectivity index (χ1n) is 5.64. The van der Waals surface area contributed by atoms with Crippen molar-refractivity contribution in [3.63, 3.8) is 0 Å². The lowest BCUT2D eigenvalue weighted by atomic mass is 9.88. The first-order valence-corrected chi connectivity index (χ1v) is 6.40. The second-order valence-electron chi connectivity index (χ2n) is 4.96. The summed E-state index contributed by atoms with van der Waals surface area (Å²) in [5.74, 6) is -0.104. The summed E-state index contributed by atoms with van der Waals surface area (Å²) in [6.45, 7) is 4.87. The van der Waals surface area contributed by atoms with Crippen LogP contribution in [0.5, 0.6) is 5.75 Å². The maximum atomic E-state index is 9.45. The molecule has 0 unspecified atom stereocenters. The molecule has 5 heteroatoms. The Morgan fingerprint density at radius 2 is 1.89 bits per heavy atom.